The van der Waals surface area contributed by atoms with Gasteiger partial charge in [-0.2, -0.15) is 8.42 Å². The molecule has 0 fully saturated rings. The lowest BCUT2D eigenvalue weighted by atomic mass is 10.4. The highest BCUT2D eigenvalue weighted by Crippen LogP contribution is 2.15. The summed E-state index contributed by atoms with van der Waals surface area (Å²) in [4.78, 5) is 0.0573. The van der Waals surface area contributed by atoms with Crippen molar-refractivity contribution in [3.05, 3.63) is 29.3 Å². The van der Waals surface area contributed by atoms with Crippen LogP contribution in [0.2, 0.25) is 5.02 Å². The first-order chi connectivity index (χ1) is 5.56. The lowest BCUT2D eigenvalue weighted by Gasteiger charge is -1.95. The Balaban J connectivity index is 3.23. The number of nitrogens with zero attached hydrogens (tertiary/aromatic N) is 1. The summed E-state index contributed by atoms with van der Waals surface area (Å²) in [6.45, 7) is 0. The van der Waals surface area contributed by atoms with Crippen molar-refractivity contribution in [2.24, 2.45) is 3.77 Å². The van der Waals surface area contributed by atoms with Crippen molar-refractivity contribution in [1.82, 2.24) is 0 Å². The van der Waals surface area contributed by atoms with E-state index in [1.54, 1.807) is 0 Å². The third-order valence-electron chi connectivity index (χ3n) is 1.21. The average Bonchev–Trinajstić information content (AvgIpc) is 2.05. The maximum absolute atomic E-state index is 11.0. The van der Waals surface area contributed by atoms with E-state index in [2.05, 4.69) is 16.2 Å². The molecule has 0 bridgehead atoms. The highest BCUT2D eigenvalue weighted by atomic mass is 35.5. The number of hydrogen-bond acceptors (Lipinski definition) is 3. The normalized spacial score (nSPS) is 11.1. The van der Waals surface area contributed by atoms with Crippen molar-refractivity contribution in [2.75, 3.05) is 0 Å². The van der Waals surface area contributed by atoms with Gasteiger partial charge < -0.3 is 0 Å². The average molecular weight is 222 g/mol. The van der Waals surface area contributed by atoms with Crippen LogP contribution < -0.4 is 0 Å². The SMILES string of the molecule is O=S(=O)(N=S)c1ccc(Cl)cc1. The zero-order chi connectivity index (χ0) is 9.19. The molecule has 0 saturated carbocycles. The Hall–Kier alpha value is -0.520. The molecule has 0 spiro atoms. The van der Waals surface area contributed by atoms with E-state index in [9.17, 15) is 8.42 Å². The van der Waals surface area contributed by atoms with Gasteiger partial charge in [-0.3, -0.25) is 0 Å². The second-order valence-corrected chi connectivity index (χ2v) is 4.46. The van der Waals surface area contributed by atoms with Crippen molar-refractivity contribution in [2.45, 2.75) is 4.90 Å². The Morgan fingerprint density at radius 2 is 1.75 bits per heavy atom. The van der Waals surface area contributed by atoms with Gasteiger partial charge in [0.1, 0.15) is 0 Å². The topological polar surface area (TPSA) is 46.5 Å². The summed E-state index contributed by atoms with van der Waals surface area (Å²) < 4.78 is 24.8. The molecule has 12 heavy (non-hydrogen) atoms. The predicted molar refractivity (Wildman–Crippen MR) is 48.4 cm³/mol. The van der Waals surface area contributed by atoms with E-state index < -0.39 is 10.0 Å². The summed E-state index contributed by atoms with van der Waals surface area (Å²) in [6.07, 6.45) is 0. The standard InChI is InChI=1S/C6H4ClNO2S2/c7-5-1-3-6(4-2-5)12(9,10)8-11/h1-4H. The van der Waals surface area contributed by atoms with Crippen LogP contribution in [-0.4, -0.2) is 8.42 Å². The fraction of sp³-hybridized carbons (Fsp3) is 0. The van der Waals surface area contributed by atoms with Gasteiger partial charge in [-0.15, -0.1) is 0 Å². The first kappa shape index (κ1) is 9.57. The molecular formula is C6H4ClNO2S2. The molecule has 0 amide bonds. The molecule has 0 aromatic heterocycles. The van der Waals surface area contributed by atoms with Crippen LogP contribution in [0, 0.1) is 0 Å². The van der Waals surface area contributed by atoms with Gasteiger partial charge in [0.05, 0.1) is 17.3 Å². The van der Waals surface area contributed by atoms with E-state index >= 15 is 0 Å². The lowest BCUT2D eigenvalue weighted by Crippen LogP contribution is -1.94. The fourth-order valence-electron chi connectivity index (χ4n) is 0.650. The summed E-state index contributed by atoms with van der Waals surface area (Å²) in [5, 5.41) is 0.471. The van der Waals surface area contributed by atoms with E-state index in [0.717, 1.165) is 0 Å². The maximum Gasteiger partial charge on any atom is 0.293 e. The summed E-state index contributed by atoms with van der Waals surface area (Å²) in [5.74, 6) is 0. The number of sulfonamides is 1. The van der Waals surface area contributed by atoms with E-state index in [0.29, 0.717) is 5.02 Å². The Morgan fingerprint density at radius 1 is 1.25 bits per heavy atom. The Kier molecular flexibility index (Phi) is 2.76. The summed E-state index contributed by atoms with van der Waals surface area (Å²) >= 11 is 9.66. The Bertz CT molecular complexity index is 385. The van der Waals surface area contributed by atoms with Crippen LogP contribution in [0.3, 0.4) is 0 Å². The van der Waals surface area contributed by atoms with Crippen molar-refractivity contribution in [3.63, 3.8) is 0 Å². The molecular weight excluding hydrogens is 218 g/mol. The van der Waals surface area contributed by atoms with Gasteiger partial charge in [-0.1, -0.05) is 15.4 Å². The quantitative estimate of drug-likeness (QED) is 0.765. The predicted octanol–water partition coefficient (Wildman–Crippen LogP) is 1.76. The molecule has 0 aliphatic heterocycles. The molecule has 0 radical (unpaired) electrons. The van der Waals surface area contributed by atoms with Gasteiger partial charge in [-0.05, 0) is 24.3 Å². The molecule has 0 atom stereocenters. The molecule has 1 aromatic rings. The van der Waals surface area contributed by atoms with Crippen LogP contribution in [0.15, 0.2) is 32.9 Å². The minimum Gasteiger partial charge on any atom is -0.198 e. The summed E-state index contributed by atoms with van der Waals surface area (Å²) in [6, 6.07) is 5.64. The zero-order valence-electron chi connectivity index (χ0n) is 5.77. The number of hydrogen-bond donors (Lipinski definition) is 0. The molecule has 0 unspecified atom stereocenters. The van der Waals surface area contributed by atoms with Crippen molar-refractivity contribution in [3.8, 4) is 0 Å². The van der Waals surface area contributed by atoms with Crippen molar-refractivity contribution >= 4 is 34.0 Å². The van der Waals surface area contributed by atoms with Crippen LogP contribution in [0.5, 0.6) is 0 Å². The van der Waals surface area contributed by atoms with Gasteiger partial charge in [0.25, 0.3) is 10.0 Å². The van der Waals surface area contributed by atoms with Gasteiger partial charge >= 0.3 is 0 Å². The molecule has 0 aliphatic rings. The maximum atomic E-state index is 11.0. The molecule has 0 aliphatic carbocycles. The molecule has 3 nitrogen and oxygen atoms in total. The van der Waals surface area contributed by atoms with Crippen molar-refractivity contribution in [1.29, 1.82) is 0 Å². The van der Waals surface area contributed by atoms with Crippen LogP contribution in [-0.2, 0) is 22.4 Å². The lowest BCUT2D eigenvalue weighted by molar-refractivity contribution is 0.599. The van der Waals surface area contributed by atoms with Gasteiger partial charge in [-0.25, -0.2) is 0 Å². The van der Waals surface area contributed by atoms with E-state index in [-0.39, 0.29) is 4.90 Å². The smallest absolute Gasteiger partial charge is 0.198 e. The molecule has 1 rings (SSSR count). The van der Waals surface area contributed by atoms with Gasteiger partial charge in [0.15, 0.2) is 0 Å². The monoisotopic (exact) mass is 221 g/mol. The van der Waals surface area contributed by atoms with E-state index in [4.69, 9.17) is 11.6 Å². The minimum absolute atomic E-state index is 0.0573. The van der Waals surface area contributed by atoms with Crippen LogP contribution >= 0.6 is 11.6 Å². The molecule has 0 heterocycles. The number of halogens is 1. The summed E-state index contributed by atoms with van der Waals surface area (Å²) in [5.41, 5.74) is 0. The van der Waals surface area contributed by atoms with Crippen LogP contribution in [0.4, 0.5) is 0 Å². The highest BCUT2D eigenvalue weighted by molar-refractivity contribution is 7.93. The third kappa shape index (κ3) is 2.00. The molecule has 0 saturated heterocycles. The number of benzene rings is 1. The Morgan fingerprint density at radius 3 is 2.17 bits per heavy atom. The van der Waals surface area contributed by atoms with Gasteiger partial charge in [0.2, 0.25) is 0 Å². The molecule has 6 heteroatoms. The van der Waals surface area contributed by atoms with Gasteiger partial charge in [0, 0.05) is 5.02 Å². The highest BCUT2D eigenvalue weighted by Gasteiger charge is 2.10. The first-order valence-electron chi connectivity index (χ1n) is 2.91. The first-order valence-corrected chi connectivity index (χ1v) is 5.10. The second-order valence-electron chi connectivity index (χ2n) is 2.00. The third-order valence-corrected chi connectivity index (χ3v) is 3.11. The minimum atomic E-state index is -3.63. The van der Waals surface area contributed by atoms with E-state index in [1.807, 2.05) is 0 Å². The second kappa shape index (κ2) is 3.47. The molecule has 64 valence electrons. The fourth-order valence-corrected chi connectivity index (χ4v) is 1.60. The largest absolute Gasteiger partial charge is 0.293 e. The van der Waals surface area contributed by atoms with Crippen molar-refractivity contribution < 1.29 is 8.42 Å². The van der Waals surface area contributed by atoms with Crippen LogP contribution in [0.25, 0.3) is 0 Å². The zero-order valence-corrected chi connectivity index (χ0v) is 8.16. The van der Waals surface area contributed by atoms with E-state index in [1.165, 1.54) is 24.3 Å². The van der Waals surface area contributed by atoms with Crippen LogP contribution in [0.1, 0.15) is 0 Å². The number of rotatable bonds is 2. The molecule has 1 aromatic carbocycles. The summed E-state index contributed by atoms with van der Waals surface area (Å²) in [7, 11) is -3.63. The Labute approximate surface area is 80.6 Å². The molecule has 0 N–H and O–H groups in total.